The zero-order chi connectivity index (χ0) is 15.0. The fourth-order valence-electron chi connectivity index (χ4n) is 2.00. The molecular formula is C15H22N2O2S. The van der Waals surface area contributed by atoms with E-state index in [1.165, 1.54) is 0 Å². The third-order valence-electron chi connectivity index (χ3n) is 2.97. The molecule has 0 heterocycles. The molecule has 0 aliphatic heterocycles. The van der Waals surface area contributed by atoms with Gasteiger partial charge in [0.1, 0.15) is 4.99 Å². The number of benzene rings is 1. The topological polar surface area (TPSA) is 64.3 Å². The van der Waals surface area contributed by atoms with Crippen molar-refractivity contribution < 1.29 is 9.53 Å². The first-order chi connectivity index (χ1) is 9.56. The van der Waals surface area contributed by atoms with Crippen LogP contribution in [-0.2, 0) is 16.0 Å². The molecule has 1 aromatic carbocycles. The molecule has 0 spiro atoms. The van der Waals surface area contributed by atoms with Gasteiger partial charge in [-0.1, -0.05) is 49.8 Å². The van der Waals surface area contributed by atoms with Crippen LogP contribution in [0.25, 0.3) is 0 Å². The second-order valence-corrected chi connectivity index (χ2v) is 5.19. The zero-order valence-corrected chi connectivity index (χ0v) is 12.8. The minimum atomic E-state index is 0.00331. The van der Waals surface area contributed by atoms with Gasteiger partial charge in [-0.25, -0.2) is 0 Å². The first-order valence-corrected chi connectivity index (χ1v) is 7.14. The number of amides is 1. The van der Waals surface area contributed by atoms with Gasteiger partial charge < -0.3 is 15.8 Å². The first-order valence-electron chi connectivity index (χ1n) is 6.73. The maximum absolute atomic E-state index is 12.0. The maximum atomic E-state index is 12.0. The summed E-state index contributed by atoms with van der Waals surface area (Å²) in [5, 5.41) is 2.99. The third-order valence-corrected chi connectivity index (χ3v) is 3.21. The molecule has 5 heteroatoms. The number of hydrogen-bond donors (Lipinski definition) is 2. The van der Waals surface area contributed by atoms with Crippen molar-refractivity contribution in [3.8, 4) is 0 Å². The minimum absolute atomic E-state index is 0.00331. The summed E-state index contributed by atoms with van der Waals surface area (Å²) < 4.78 is 5.11. The van der Waals surface area contributed by atoms with Gasteiger partial charge in [0.25, 0.3) is 0 Å². The summed E-state index contributed by atoms with van der Waals surface area (Å²) in [6.45, 7) is 2.63. The molecule has 0 saturated heterocycles. The minimum Gasteiger partial charge on any atom is -0.389 e. The molecule has 20 heavy (non-hydrogen) atoms. The molecule has 0 fully saturated rings. The van der Waals surface area contributed by atoms with Crippen LogP contribution in [0.15, 0.2) is 24.3 Å². The van der Waals surface area contributed by atoms with Crippen LogP contribution in [0, 0.1) is 0 Å². The molecule has 1 atom stereocenters. The average Bonchev–Trinajstić information content (AvgIpc) is 2.39. The van der Waals surface area contributed by atoms with Crippen LogP contribution in [0.4, 0.5) is 0 Å². The van der Waals surface area contributed by atoms with E-state index in [9.17, 15) is 4.79 Å². The van der Waals surface area contributed by atoms with E-state index in [1.54, 1.807) is 7.11 Å². The van der Waals surface area contributed by atoms with Crippen molar-refractivity contribution in [3.05, 3.63) is 35.4 Å². The number of hydrogen-bond acceptors (Lipinski definition) is 3. The Morgan fingerprint density at radius 1 is 1.40 bits per heavy atom. The van der Waals surface area contributed by atoms with Gasteiger partial charge >= 0.3 is 0 Å². The van der Waals surface area contributed by atoms with Crippen molar-refractivity contribution >= 4 is 23.1 Å². The van der Waals surface area contributed by atoms with E-state index in [-0.39, 0.29) is 11.9 Å². The Labute approximate surface area is 125 Å². The highest BCUT2D eigenvalue weighted by Crippen LogP contribution is 2.06. The van der Waals surface area contributed by atoms with Gasteiger partial charge in [0.05, 0.1) is 19.1 Å². The lowest BCUT2D eigenvalue weighted by Gasteiger charge is -2.17. The van der Waals surface area contributed by atoms with E-state index in [0.29, 0.717) is 18.0 Å². The van der Waals surface area contributed by atoms with Crippen molar-refractivity contribution in [1.82, 2.24) is 5.32 Å². The fourth-order valence-corrected chi connectivity index (χ4v) is 2.13. The lowest BCUT2D eigenvalue weighted by atomic mass is 10.1. The molecular weight excluding hydrogens is 272 g/mol. The summed E-state index contributed by atoms with van der Waals surface area (Å²) in [4.78, 5) is 12.3. The highest BCUT2D eigenvalue weighted by Gasteiger charge is 2.11. The van der Waals surface area contributed by atoms with Gasteiger partial charge in [0.15, 0.2) is 0 Å². The number of carbonyl (C=O) groups is 1. The number of nitrogens with two attached hydrogens (primary N) is 1. The first kappa shape index (κ1) is 16.6. The van der Waals surface area contributed by atoms with Gasteiger partial charge in [-0.3, -0.25) is 4.79 Å². The molecule has 0 radical (unpaired) electrons. The number of nitrogens with one attached hydrogen (secondary N) is 1. The summed E-state index contributed by atoms with van der Waals surface area (Å²) >= 11 is 4.89. The van der Waals surface area contributed by atoms with E-state index < -0.39 is 0 Å². The maximum Gasteiger partial charge on any atom is 0.224 e. The standard InChI is InChI=1S/C15H22N2O2S/c1-3-4-13(10-19-2)17-14(18)9-11-5-7-12(8-6-11)15(16)20/h5-8,13H,3-4,9-10H2,1-2H3,(H2,16,20)(H,17,18). The molecule has 0 saturated carbocycles. The Morgan fingerprint density at radius 3 is 2.55 bits per heavy atom. The van der Waals surface area contributed by atoms with Gasteiger partial charge in [-0.2, -0.15) is 0 Å². The molecule has 1 unspecified atom stereocenters. The average molecular weight is 294 g/mol. The Hall–Kier alpha value is -1.46. The summed E-state index contributed by atoms with van der Waals surface area (Å²) in [6, 6.07) is 7.50. The van der Waals surface area contributed by atoms with Crippen LogP contribution < -0.4 is 11.1 Å². The van der Waals surface area contributed by atoms with Crippen LogP contribution >= 0.6 is 12.2 Å². The Balaban J connectivity index is 2.54. The van der Waals surface area contributed by atoms with Crippen molar-refractivity contribution in [2.45, 2.75) is 32.2 Å². The summed E-state index contributed by atoms with van der Waals surface area (Å²) in [7, 11) is 1.64. The fraction of sp³-hybridized carbons (Fsp3) is 0.467. The molecule has 0 bridgehead atoms. The largest absolute Gasteiger partial charge is 0.389 e. The molecule has 1 aromatic rings. The monoisotopic (exact) mass is 294 g/mol. The van der Waals surface area contributed by atoms with Crippen LogP contribution in [0.3, 0.4) is 0 Å². The molecule has 0 aliphatic carbocycles. The molecule has 110 valence electrons. The predicted octanol–water partition coefficient (Wildman–Crippen LogP) is 1.79. The normalized spacial score (nSPS) is 11.9. The molecule has 1 rings (SSSR count). The van der Waals surface area contributed by atoms with Crippen molar-refractivity contribution in [2.24, 2.45) is 5.73 Å². The number of carbonyl (C=O) groups excluding carboxylic acids is 1. The summed E-state index contributed by atoms with van der Waals surface area (Å²) in [6.07, 6.45) is 2.28. The molecule has 0 aromatic heterocycles. The molecule has 1 amide bonds. The SMILES string of the molecule is CCCC(COC)NC(=O)Cc1ccc(C(N)=S)cc1. The highest BCUT2D eigenvalue weighted by molar-refractivity contribution is 7.80. The van der Waals surface area contributed by atoms with Crippen LogP contribution in [0.2, 0.25) is 0 Å². The van der Waals surface area contributed by atoms with Gasteiger partial charge in [-0.05, 0) is 12.0 Å². The molecule has 4 nitrogen and oxygen atoms in total. The van der Waals surface area contributed by atoms with Gasteiger partial charge in [-0.15, -0.1) is 0 Å². The van der Waals surface area contributed by atoms with Crippen molar-refractivity contribution in [2.75, 3.05) is 13.7 Å². The van der Waals surface area contributed by atoms with Gasteiger partial charge in [0, 0.05) is 12.7 Å². The lowest BCUT2D eigenvalue weighted by molar-refractivity contribution is -0.121. The summed E-state index contributed by atoms with van der Waals surface area (Å²) in [5.74, 6) is 0.00331. The molecule has 0 aliphatic rings. The number of ether oxygens (including phenoxy) is 1. The smallest absolute Gasteiger partial charge is 0.224 e. The second-order valence-electron chi connectivity index (χ2n) is 4.75. The molecule has 3 N–H and O–H groups in total. The van der Waals surface area contributed by atoms with E-state index in [0.717, 1.165) is 24.0 Å². The van der Waals surface area contributed by atoms with E-state index >= 15 is 0 Å². The second kappa shape index (κ2) is 8.66. The van der Waals surface area contributed by atoms with E-state index in [4.69, 9.17) is 22.7 Å². The predicted molar refractivity (Wildman–Crippen MR) is 84.7 cm³/mol. The van der Waals surface area contributed by atoms with Crippen molar-refractivity contribution in [3.63, 3.8) is 0 Å². The lowest BCUT2D eigenvalue weighted by Crippen LogP contribution is -2.38. The number of methoxy groups -OCH3 is 1. The van der Waals surface area contributed by atoms with Crippen molar-refractivity contribution in [1.29, 1.82) is 0 Å². The zero-order valence-electron chi connectivity index (χ0n) is 12.0. The van der Waals surface area contributed by atoms with Crippen LogP contribution in [-0.4, -0.2) is 30.7 Å². The van der Waals surface area contributed by atoms with E-state index in [1.807, 2.05) is 24.3 Å². The van der Waals surface area contributed by atoms with Crippen LogP contribution in [0.1, 0.15) is 30.9 Å². The quantitative estimate of drug-likeness (QED) is 0.718. The Morgan fingerprint density at radius 2 is 2.05 bits per heavy atom. The Kier molecular flexibility index (Phi) is 7.18. The third kappa shape index (κ3) is 5.67. The Bertz CT molecular complexity index is 440. The van der Waals surface area contributed by atoms with E-state index in [2.05, 4.69) is 12.2 Å². The van der Waals surface area contributed by atoms with Gasteiger partial charge in [0.2, 0.25) is 5.91 Å². The number of thiocarbonyl (C=S) groups is 1. The highest BCUT2D eigenvalue weighted by atomic mass is 32.1. The number of rotatable bonds is 8. The van der Waals surface area contributed by atoms with Crippen LogP contribution in [0.5, 0.6) is 0 Å². The summed E-state index contributed by atoms with van der Waals surface area (Å²) in [5.41, 5.74) is 7.29.